The Morgan fingerprint density at radius 2 is 1.75 bits per heavy atom. The first-order chi connectivity index (χ1) is 15.5. The molecule has 3 rings (SSSR count). The van der Waals surface area contributed by atoms with Crippen molar-refractivity contribution in [1.82, 2.24) is 4.90 Å². The lowest BCUT2D eigenvalue weighted by atomic mass is 10.0. The van der Waals surface area contributed by atoms with E-state index in [2.05, 4.69) is 5.32 Å². The number of hydrogen-bond donors (Lipinski definition) is 2. The minimum atomic E-state index is -0.605. The fourth-order valence-electron chi connectivity index (χ4n) is 3.31. The average Bonchev–Trinajstić information content (AvgIpc) is 3.13. The first kappa shape index (κ1) is 22.8. The quantitative estimate of drug-likeness (QED) is 0.371. The lowest BCUT2D eigenvalue weighted by Gasteiger charge is -2.15. The average molecular weight is 436 g/mol. The number of nitrogens with one attached hydrogen (secondary N) is 1. The highest BCUT2D eigenvalue weighted by Crippen LogP contribution is 2.24. The van der Waals surface area contributed by atoms with Crippen molar-refractivity contribution in [3.05, 3.63) is 77.0 Å². The monoisotopic (exact) mass is 436 g/mol. The third kappa shape index (κ3) is 5.04. The summed E-state index contributed by atoms with van der Waals surface area (Å²) in [5.41, 5.74) is 2.80. The van der Waals surface area contributed by atoms with Gasteiger partial charge in [0.15, 0.2) is 0 Å². The zero-order valence-electron chi connectivity index (χ0n) is 17.8. The van der Waals surface area contributed by atoms with Crippen LogP contribution in [0.5, 0.6) is 0 Å². The van der Waals surface area contributed by atoms with Crippen LogP contribution in [0.4, 0.5) is 5.69 Å². The van der Waals surface area contributed by atoms with Gasteiger partial charge in [0.2, 0.25) is 0 Å². The fraction of sp³-hybridized carbons (Fsp3) is 0.208. The normalized spacial score (nSPS) is 13.9. The van der Waals surface area contributed by atoms with E-state index in [1.807, 2.05) is 30.3 Å². The van der Waals surface area contributed by atoms with Gasteiger partial charge in [-0.3, -0.25) is 4.79 Å². The van der Waals surface area contributed by atoms with Gasteiger partial charge in [-0.2, -0.15) is 0 Å². The number of methoxy groups -OCH3 is 2. The van der Waals surface area contributed by atoms with Gasteiger partial charge in [0, 0.05) is 12.2 Å². The molecule has 1 heterocycles. The second kappa shape index (κ2) is 10.4. The molecule has 0 saturated heterocycles. The van der Waals surface area contributed by atoms with Crippen LogP contribution in [0.1, 0.15) is 11.1 Å². The van der Waals surface area contributed by atoms with Crippen molar-refractivity contribution >= 4 is 35.2 Å². The van der Waals surface area contributed by atoms with Gasteiger partial charge in [-0.25, -0.2) is 9.59 Å². The van der Waals surface area contributed by atoms with E-state index in [-0.39, 0.29) is 36.9 Å². The summed E-state index contributed by atoms with van der Waals surface area (Å²) in [5, 5.41) is 12.1. The fourth-order valence-corrected chi connectivity index (χ4v) is 3.31. The van der Waals surface area contributed by atoms with Gasteiger partial charge in [0.25, 0.3) is 5.91 Å². The number of aliphatic hydroxyl groups is 1. The first-order valence-corrected chi connectivity index (χ1v) is 9.92. The molecule has 0 bridgehead atoms. The van der Waals surface area contributed by atoms with Crippen LogP contribution in [0.15, 0.2) is 65.9 Å². The second-order valence-electron chi connectivity index (χ2n) is 6.96. The van der Waals surface area contributed by atoms with Crippen molar-refractivity contribution in [3.63, 3.8) is 0 Å². The molecule has 0 spiro atoms. The predicted octanol–water partition coefficient (Wildman–Crippen LogP) is 2.07. The van der Waals surface area contributed by atoms with Crippen LogP contribution in [-0.2, 0) is 23.9 Å². The number of ether oxygens (including phenoxy) is 2. The standard InChI is InChI=1S/C24H24N2O6/c1-31-23(29)19(17-6-4-3-5-7-17)14-16-8-10-18(11-9-16)25-21-20(24(30)32-2)15-26(12-13-27)22(21)28/h3-11,14,25,27H,12-13,15H2,1-2H3. The van der Waals surface area contributed by atoms with E-state index in [9.17, 15) is 14.4 Å². The largest absolute Gasteiger partial charge is 0.466 e. The first-order valence-electron chi connectivity index (χ1n) is 9.92. The number of rotatable bonds is 8. The van der Waals surface area contributed by atoms with E-state index >= 15 is 0 Å². The van der Waals surface area contributed by atoms with Crippen LogP contribution in [0.25, 0.3) is 11.6 Å². The van der Waals surface area contributed by atoms with Crippen LogP contribution in [0.2, 0.25) is 0 Å². The van der Waals surface area contributed by atoms with Gasteiger partial charge in [0.05, 0.1) is 38.5 Å². The zero-order valence-corrected chi connectivity index (χ0v) is 17.8. The molecule has 8 nitrogen and oxygen atoms in total. The molecule has 0 radical (unpaired) electrons. The number of anilines is 1. The van der Waals surface area contributed by atoms with Crippen molar-refractivity contribution in [2.24, 2.45) is 0 Å². The van der Waals surface area contributed by atoms with E-state index in [0.717, 1.165) is 11.1 Å². The Kier molecular flexibility index (Phi) is 7.41. The number of β-amino-alcohol motifs (C(OH)–C–C–N with tert-alkyl or cyclic N) is 1. The Morgan fingerprint density at radius 1 is 1.06 bits per heavy atom. The van der Waals surface area contributed by atoms with Crippen LogP contribution >= 0.6 is 0 Å². The van der Waals surface area contributed by atoms with Crippen LogP contribution < -0.4 is 5.32 Å². The Morgan fingerprint density at radius 3 is 2.34 bits per heavy atom. The van der Waals surface area contributed by atoms with Crippen molar-refractivity contribution in [2.75, 3.05) is 39.2 Å². The Balaban J connectivity index is 1.86. The second-order valence-corrected chi connectivity index (χ2v) is 6.96. The maximum atomic E-state index is 12.6. The molecule has 1 aliphatic heterocycles. The number of aliphatic hydroxyl groups excluding tert-OH is 1. The van der Waals surface area contributed by atoms with E-state index in [0.29, 0.717) is 11.3 Å². The minimum Gasteiger partial charge on any atom is -0.466 e. The highest BCUT2D eigenvalue weighted by Gasteiger charge is 2.34. The molecule has 2 aromatic rings. The Labute approximate surface area is 185 Å². The minimum absolute atomic E-state index is 0.0643. The summed E-state index contributed by atoms with van der Waals surface area (Å²) in [6, 6.07) is 16.2. The summed E-state index contributed by atoms with van der Waals surface area (Å²) in [6.07, 6.45) is 1.72. The summed E-state index contributed by atoms with van der Waals surface area (Å²) in [7, 11) is 2.58. The van der Waals surface area contributed by atoms with Crippen molar-refractivity contribution < 1.29 is 29.0 Å². The summed E-state index contributed by atoms with van der Waals surface area (Å²) < 4.78 is 9.69. The highest BCUT2D eigenvalue weighted by atomic mass is 16.5. The summed E-state index contributed by atoms with van der Waals surface area (Å²) in [5.74, 6) is -1.45. The molecule has 0 atom stereocenters. The number of carbonyl (C=O) groups is 3. The zero-order chi connectivity index (χ0) is 23.1. The predicted molar refractivity (Wildman–Crippen MR) is 119 cm³/mol. The summed E-state index contributed by atoms with van der Waals surface area (Å²) >= 11 is 0. The van der Waals surface area contributed by atoms with Gasteiger partial charge in [0.1, 0.15) is 5.70 Å². The van der Waals surface area contributed by atoms with Gasteiger partial charge >= 0.3 is 11.9 Å². The maximum absolute atomic E-state index is 12.6. The van der Waals surface area contributed by atoms with Gasteiger partial charge in [-0.15, -0.1) is 0 Å². The van der Waals surface area contributed by atoms with Crippen molar-refractivity contribution in [1.29, 1.82) is 0 Å². The van der Waals surface area contributed by atoms with Crippen molar-refractivity contribution in [3.8, 4) is 0 Å². The Hall–Kier alpha value is -3.91. The van der Waals surface area contributed by atoms with Crippen molar-refractivity contribution in [2.45, 2.75) is 0 Å². The molecular formula is C24H24N2O6. The number of carbonyl (C=O) groups excluding carboxylic acids is 3. The van der Waals surface area contributed by atoms with Crippen LogP contribution in [0, 0.1) is 0 Å². The molecule has 2 aromatic carbocycles. The topological polar surface area (TPSA) is 105 Å². The van der Waals surface area contributed by atoms with Gasteiger partial charge < -0.3 is 24.8 Å². The van der Waals surface area contributed by atoms with E-state index in [1.54, 1.807) is 30.3 Å². The number of benzene rings is 2. The number of hydrogen-bond acceptors (Lipinski definition) is 7. The summed E-state index contributed by atoms with van der Waals surface area (Å²) in [6.45, 7) is -0.0305. The maximum Gasteiger partial charge on any atom is 0.338 e. The number of nitrogens with zero attached hydrogens (tertiary/aromatic N) is 1. The smallest absolute Gasteiger partial charge is 0.338 e. The molecular weight excluding hydrogens is 412 g/mol. The molecule has 0 fully saturated rings. The lowest BCUT2D eigenvalue weighted by molar-refractivity contribution is -0.136. The highest BCUT2D eigenvalue weighted by molar-refractivity contribution is 6.21. The number of amides is 1. The molecule has 8 heteroatoms. The molecule has 0 aliphatic carbocycles. The lowest BCUT2D eigenvalue weighted by Crippen LogP contribution is -2.31. The summed E-state index contributed by atoms with van der Waals surface area (Å²) in [4.78, 5) is 38.4. The van der Waals surface area contributed by atoms with Crippen LogP contribution in [-0.4, -0.2) is 61.8 Å². The molecule has 32 heavy (non-hydrogen) atoms. The molecule has 0 unspecified atom stereocenters. The third-order valence-electron chi connectivity index (χ3n) is 4.93. The van der Waals surface area contributed by atoms with E-state index in [1.165, 1.54) is 19.1 Å². The van der Waals surface area contributed by atoms with Crippen LogP contribution in [0.3, 0.4) is 0 Å². The Bertz CT molecular complexity index is 1060. The molecule has 166 valence electrons. The van der Waals surface area contributed by atoms with Gasteiger partial charge in [-0.05, 0) is 29.3 Å². The van der Waals surface area contributed by atoms with Gasteiger partial charge in [-0.1, -0.05) is 42.5 Å². The molecule has 1 amide bonds. The van der Waals surface area contributed by atoms with E-state index in [4.69, 9.17) is 14.6 Å². The molecule has 0 aromatic heterocycles. The molecule has 0 saturated carbocycles. The third-order valence-corrected chi connectivity index (χ3v) is 4.93. The van der Waals surface area contributed by atoms with E-state index < -0.39 is 11.9 Å². The molecule has 2 N–H and O–H groups in total. The number of esters is 2. The SMILES string of the molecule is COC(=O)C(=Cc1ccc(NC2=C(C(=O)OC)CN(CCO)C2=O)cc1)c1ccccc1. The molecule has 1 aliphatic rings.